The molecule has 0 radical (unpaired) electrons. The third-order valence-electron chi connectivity index (χ3n) is 4.06. The number of aryl methyl sites for hydroxylation is 1. The minimum atomic E-state index is -0.553. The van der Waals surface area contributed by atoms with E-state index in [0.29, 0.717) is 25.4 Å². The predicted octanol–water partition coefficient (Wildman–Crippen LogP) is 2.84. The summed E-state index contributed by atoms with van der Waals surface area (Å²) in [5.74, 6) is 0. The molecule has 0 amide bonds. The van der Waals surface area contributed by atoms with Crippen molar-refractivity contribution in [2.45, 2.75) is 12.5 Å². The Balaban J connectivity index is 1.95. The maximum absolute atomic E-state index is 11.3. The van der Waals surface area contributed by atoms with Gasteiger partial charge in [-0.1, -0.05) is 15.9 Å². The first-order valence-corrected chi connectivity index (χ1v) is 8.00. The Kier molecular flexibility index (Phi) is 4.11. The quantitative estimate of drug-likeness (QED) is 0.604. The molecule has 1 atom stereocenters. The van der Waals surface area contributed by atoms with Crippen LogP contribution in [0.3, 0.4) is 0 Å². The molecule has 1 aromatic heterocycles. The van der Waals surface area contributed by atoms with Crippen LogP contribution >= 0.6 is 15.9 Å². The van der Waals surface area contributed by atoms with Gasteiger partial charge in [0.1, 0.15) is 11.3 Å². The van der Waals surface area contributed by atoms with Gasteiger partial charge in [0.2, 0.25) is 0 Å². The molecule has 1 fully saturated rings. The van der Waals surface area contributed by atoms with Gasteiger partial charge in [-0.25, -0.2) is 0 Å². The predicted molar refractivity (Wildman–Crippen MR) is 89.5 cm³/mol. The van der Waals surface area contributed by atoms with Crippen molar-refractivity contribution in [3.05, 3.63) is 50.7 Å². The Bertz CT molecular complexity index is 748. The minimum Gasteiger partial charge on any atom is -0.367 e. The standard InChI is InChI=1S/C15H17BrN4O3/c1-15(11-8-17-18(2)9-11)10-19(5-6-23-15)14-7-12(16)3-4-13(14)20(21)22/h3-4,7-9H,5-6,10H2,1-2H3. The molecule has 122 valence electrons. The summed E-state index contributed by atoms with van der Waals surface area (Å²) in [5.41, 5.74) is 1.11. The molecule has 1 aromatic carbocycles. The summed E-state index contributed by atoms with van der Waals surface area (Å²) in [6.07, 6.45) is 3.69. The van der Waals surface area contributed by atoms with E-state index in [0.717, 1.165) is 10.0 Å². The topological polar surface area (TPSA) is 73.4 Å². The van der Waals surface area contributed by atoms with Gasteiger partial charge in [-0.3, -0.25) is 14.8 Å². The number of aromatic nitrogens is 2. The van der Waals surface area contributed by atoms with Crippen LogP contribution < -0.4 is 4.90 Å². The molecule has 1 unspecified atom stereocenters. The fourth-order valence-corrected chi connectivity index (χ4v) is 3.20. The van der Waals surface area contributed by atoms with Gasteiger partial charge in [0, 0.05) is 35.9 Å². The average Bonchev–Trinajstić information content (AvgIpc) is 2.94. The molecule has 1 aliphatic rings. The lowest BCUT2D eigenvalue weighted by molar-refractivity contribution is -0.384. The zero-order valence-electron chi connectivity index (χ0n) is 12.9. The number of anilines is 1. The second kappa shape index (κ2) is 5.93. The van der Waals surface area contributed by atoms with Crippen molar-refractivity contribution in [2.75, 3.05) is 24.6 Å². The summed E-state index contributed by atoms with van der Waals surface area (Å²) in [7, 11) is 1.85. The van der Waals surface area contributed by atoms with Crippen molar-refractivity contribution in [2.24, 2.45) is 7.05 Å². The lowest BCUT2D eigenvalue weighted by atomic mass is 9.96. The molecule has 1 saturated heterocycles. The van der Waals surface area contributed by atoms with Crippen molar-refractivity contribution in [3.63, 3.8) is 0 Å². The van der Waals surface area contributed by atoms with Crippen LogP contribution in [0.25, 0.3) is 0 Å². The Hall–Kier alpha value is -1.93. The second-order valence-electron chi connectivity index (χ2n) is 5.79. The SMILES string of the molecule is Cn1cc(C2(C)CN(c3cc(Br)ccc3[N+](=O)[O-])CCO2)cn1. The molecule has 0 N–H and O–H groups in total. The summed E-state index contributed by atoms with van der Waals surface area (Å²) in [5, 5.41) is 15.5. The van der Waals surface area contributed by atoms with E-state index in [2.05, 4.69) is 21.0 Å². The number of ether oxygens (including phenoxy) is 1. The molecule has 3 rings (SSSR count). The lowest BCUT2D eigenvalue weighted by Crippen LogP contribution is -2.48. The van der Waals surface area contributed by atoms with Gasteiger partial charge in [-0.15, -0.1) is 0 Å². The van der Waals surface area contributed by atoms with Crippen LogP contribution in [-0.4, -0.2) is 34.4 Å². The van der Waals surface area contributed by atoms with Crippen molar-refractivity contribution in [1.29, 1.82) is 0 Å². The first kappa shape index (κ1) is 15.9. The third-order valence-corrected chi connectivity index (χ3v) is 4.56. The molecule has 2 aromatic rings. The Morgan fingerprint density at radius 2 is 2.26 bits per heavy atom. The average molecular weight is 381 g/mol. The number of rotatable bonds is 3. The van der Waals surface area contributed by atoms with Gasteiger partial charge in [0.15, 0.2) is 0 Å². The van der Waals surface area contributed by atoms with E-state index in [9.17, 15) is 10.1 Å². The molecule has 2 heterocycles. The Morgan fingerprint density at radius 1 is 1.48 bits per heavy atom. The van der Waals surface area contributed by atoms with E-state index < -0.39 is 5.60 Å². The molecule has 23 heavy (non-hydrogen) atoms. The van der Waals surface area contributed by atoms with Crippen LogP contribution in [-0.2, 0) is 17.4 Å². The van der Waals surface area contributed by atoms with Gasteiger partial charge in [0.05, 0.1) is 24.3 Å². The van der Waals surface area contributed by atoms with Gasteiger partial charge in [-0.2, -0.15) is 5.10 Å². The number of halogens is 1. The molecule has 0 spiro atoms. The molecule has 0 bridgehead atoms. The maximum Gasteiger partial charge on any atom is 0.292 e. The third kappa shape index (κ3) is 3.09. The fraction of sp³-hybridized carbons (Fsp3) is 0.400. The van der Waals surface area contributed by atoms with Gasteiger partial charge in [-0.05, 0) is 19.1 Å². The number of hydrogen-bond donors (Lipinski definition) is 0. The molecule has 1 aliphatic heterocycles. The number of hydrogen-bond acceptors (Lipinski definition) is 5. The summed E-state index contributed by atoms with van der Waals surface area (Å²) in [6, 6.07) is 4.99. The number of morpholine rings is 1. The largest absolute Gasteiger partial charge is 0.367 e. The lowest BCUT2D eigenvalue weighted by Gasteiger charge is -2.41. The highest BCUT2D eigenvalue weighted by atomic mass is 79.9. The molecule has 0 aliphatic carbocycles. The zero-order valence-corrected chi connectivity index (χ0v) is 14.5. The number of nitro groups is 1. The number of benzene rings is 1. The highest BCUT2D eigenvalue weighted by Crippen LogP contribution is 2.36. The normalized spacial score (nSPS) is 21.4. The molecule has 7 nitrogen and oxygen atoms in total. The number of nitro benzene ring substituents is 1. The van der Waals surface area contributed by atoms with Crippen molar-refractivity contribution in [1.82, 2.24) is 9.78 Å². The number of nitrogens with zero attached hydrogens (tertiary/aromatic N) is 4. The van der Waals surface area contributed by atoms with Crippen molar-refractivity contribution < 1.29 is 9.66 Å². The summed E-state index contributed by atoms with van der Waals surface area (Å²) in [4.78, 5) is 13.0. The maximum atomic E-state index is 11.3. The highest BCUT2D eigenvalue weighted by molar-refractivity contribution is 9.10. The zero-order chi connectivity index (χ0) is 16.6. The van der Waals surface area contributed by atoms with Crippen LogP contribution in [0.15, 0.2) is 35.1 Å². The van der Waals surface area contributed by atoms with Gasteiger partial charge < -0.3 is 9.64 Å². The molecular weight excluding hydrogens is 364 g/mol. The van der Waals surface area contributed by atoms with Crippen molar-refractivity contribution >= 4 is 27.3 Å². The Labute approximate surface area is 142 Å². The minimum absolute atomic E-state index is 0.101. The first-order valence-electron chi connectivity index (χ1n) is 7.21. The smallest absolute Gasteiger partial charge is 0.292 e. The monoisotopic (exact) mass is 380 g/mol. The fourth-order valence-electron chi connectivity index (χ4n) is 2.85. The summed E-state index contributed by atoms with van der Waals surface area (Å²) in [6.45, 7) is 3.61. The Morgan fingerprint density at radius 3 is 2.91 bits per heavy atom. The first-order chi connectivity index (χ1) is 10.9. The van der Waals surface area contributed by atoms with Crippen LogP contribution in [0.2, 0.25) is 0 Å². The summed E-state index contributed by atoms with van der Waals surface area (Å²) < 4.78 is 8.51. The molecular formula is C15H17BrN4O3. The van der Waals surface area contributed by atoms with Crippen molar-refractivity contribution in [3.8, 4) is 0 Å². The molecule has 8 heteroatoms. The van der Waals surface area contributed by atoms with E-state index in [1.54, 1.807) is 23.0 Å². The van der Waals surface area contributed by atoms with E-state index in [4.69, 9.17) is 4.74 Å². The molecule has 0 saturated carbocycles. The van der Waals surface area contributed by atoms with E-state index in [1.165, 1.54) is 6.07 Å². The second-order valence-corrected chi connectivity index (χ2v) is 6.71. The highest BCUT2D eigenvalue weighted by Gasteiger charge is 2.36. The van der Waals surface area contributed by atoms with Crippen LogP contribution in [0, 0.1) is 10.1 Å². The summed E-state index contributed by atoms with van der Waals surface area (Å²) >= 11 is 3.39. The van der Waals surface area contributed by atoms with Gasteiger partial charge >= 0.3 is 0 Å². The van der Waals surface area contributed by atoms with E-state index >= 15 is 0 Å². The van der Waals surface area contributed by atoms with E-state index in [1.807, 2.05) is 25.1 Å². The van der Waals surface area contributed by atoms with Crippen LogP contribution in [0.4, 0.5) is 11.4 Å². The van der Waals surface area contributed by atoms with E-state index in [-0.39, 0.29) is 10.6 Å². The van der Waals surface area contributed by atoms with Gasteiger partial charge in [0.25, 0.3) is 5.69 Å². The van der Waals surface area contributed by atoms with Crippen LogP contribution in [0.5, 0.6) is 0 Å². The van der Waals surface area contributed by atoms with Crippen LogP contribution in [0.1, 0.15) is 12.5 Å².